The molecule has 0 saturated heterocycles. The Bertz CT molecular complexity index is 859. The van der Waals surface area contributed by atoms with E-state index >= 15 is 0 Å². The summed E-state index contributed by atoms with van der Waals surface area (Å²) in [5.74, 6) is -0.313. The van der Waals surface area contributed by atoms with Gasteiger partial charge in [0.15, 0.2) is 0 Å². The number of carbonyl (C=O) groups is 3. The Morgan fingerprint density at radius 2 is 1.67 bits per heavy atom. The van der Waals surface area contributed by atoms with E-state index < -0.39 is 0 Å². The summed E-state index contributed by atoms with van der Waals surface area (Å²) in [5.41, 5.74) is 1.77. The number of benzene rings is 2. The monoisotopic (exact) mass is 385 g/mol. The number of unbranched alkanes of at least 4 members (excludes halogenated alkanes) is 2. The van der Waals surface area contributed by atoms with Crippen molar-refractivity contribution in [1.82, 2.24) is 4.90 Å². The molecule has 27 heavy (non-hydrogen) atoms. The number of hydrogen-bond donors (Lipinski definition) is 0. The van der Waals surface area contributed by atoms with Crippen LogP contribution in [0.15, 0.2) is 42.5 Å². The number of amides is 2. The molecular formula is C21H20ClNO4. The highest BCUT2D eigenvalue weighted by Gasteiger charge is 2.34. The first-order valence-electron chi connectivity index (χ1n) is 8.89. The van der Waals surface area contributed by atoms with Gasteiger partial charge in [-0.2, -0.15) is 0 Å². The topological polar surface area (TPSA) is 63.7 Å². The number of rotatable bonds is 7. The second-order valence-electron chi connectivity index (χ2n) is 6.50. The molecule has 0 radical (unpaired) electrons. The van der Waals surface area contributed by atoms with E-state index in [4.69, 9.17) is 16.3 Å². The molecule has 0 unspecified atom stereocenters. The minimum absolute atomic E-state index is 0.242. The first kappa shape index (κ1) is 19.1. The van der Waals surface area contributed by atoms with Crippen molar-refractivity contribution in [1.29, 1.82) is 0 Å². The summed E-state index contributed by atoms with van der Waals surface area (Å²) in [5, 5.41) is 0.628. The van der Waals surface area contributed by atoms with E-state index in [1.165, 1.54) is 4.90 Å². The Kier molecular flexibility index (Phi) is 5.91. The van der Waals surface area contributed by atoms with Gasteiger partial charge >= 0.3 is 5.97 Å². The van der Waals surface area contributed by atoms with Crippen LogP contribution in [0.25, 0.3) is 0 Å². The van der Waals surface area contributed by atoms with Crippen LogP contribution in [0.4, 0.5) is 0 Å². The summed E-state index contributed by atoms with van der Waals surface area (Å²) in [7, 11) is 0. The van der Waals surface area contributed by atoms with Gasteiger partial charge in [-0.15, -0.1) is 0 Å². The van der Waals surface area contributed by atoms with Crippen molar-refractivity contribution >= 4 is 29.4 Å². The molecule has 2 aromatic carbocycles. The Morgan fingerprint density at radius 1 is 1.00 bits per heavy atom. The number of esters is 1. The van der Waals surface area contributed by atoms with Crippen LogP contribution in [-0.2, 0) is 4.79 Å². The van der Waals surface area contributed by atoms with Gasteiger partial charge in [0, 0.05) is 18.0 Å². The highest BCUT2D eigenvalue weighted by atomic mass is 35.5. The standard InChI is InChI=1S/C21H20ClNO4/c1-14-13-15(10-11-18(14)22)27-19(24)9-3-2-6-12-23-20(25)16-7-4-5-8-17(16)21(23)26/h4-5,7-8,10-11,13H,2-3,6,9,12H2,1H3. The molecule has 0 spiro atoms. The molecule has 1 heterocycles. The lowest BCUT2D eigenvalue weighted by molar-refractivity contribution is -0.134. The van der Waals surface area contributed by atoms with Gasteiger partial charge < -0.3 is 4.74 Å². The van der Waals surface area contributed by atoms with Gasteiger partial charge in [-0.25, -0.2) is 0 Å². The molecule has 6 heteroatoms. The second-order valence-corrected chi connectivity index (χ2v) is 6.91. The van der Waals surface area contributed by atoms with E-state index in [1.54, 1.807) is 42.5 Å². The molecule has 1 aliphatic heterocycles. The molecule has 0 fully saturated rings. The maximum Gasteiger partial charge on any atom is 0.311 e. The summed E-state index contributed by atoms with van der Waals surface area (Å²) >= 11 is 5.95. The van der Waals surface area contributed by atoms with E-state index in [0.29, 0.717) is 41.3 Å². The van der Waals surface area contributed by atoms with Gasteiger partial charge in [0.05, 0.1) is 11.1 Å². The van der Waals surface area contributed by atoms with Crippen LogP contribution < -0.4 is 4.74 Å². The predicted octanol–water partition coefficient (Wildman–Crippen LogP) is 4.41. The zero-order valence-electron chi connectivity index (χ0n) is 15.0. The number of nitrogens with zero attached hydrogens (tertiary/aromatic N) is 1. The molecule has 5 nitrogen and oxygen atoms in total. The van der Waals surface area contributed by atoms with E-state index in [1.807, 2.05) is 6.92 Å². The number of hydrogen-bond acceptors (Lipinski definition) is 4. The zero-order chi connectivity index (χ0) is 19.4. The lowest BCUT2D eigenvalue weighted by Crippen LogP contribution is -2.30. The molecule has 140 valence electrons. The fourth-order valence-electron chi connectivity index (χ4n) is 3.02. The van der Waals surface area contributed by atoms with Gasteiger partial charge in [0.1, 0.15) is 5.75 Å². The van der Waals surface area contributed by atoms with Crippen molar-refractivity contribution in [3.05, 3.63) is 64.2 Å². The quantitative estimate of drug-likeness (QED) is 0.306. The highest BCUT2D eigenvalue weighted by Crippen LogP contribution is 2.23. The van der Waals surface area contributed by atoms with Crippen LogP contribution in [0.3, 0.4) is 0 Å². The van der Waals surface area contributed by atoms with Gasteiger partial charge in [-0.1, -0.05) is 30.2 Å². The van der Waals surface area contributed by atoms with Crippen LogP contribution in [0.2, 0.25) is 5.02 Å². The Labute approximate surface area is 162 Å². The molecular weight excluding hydrogens is 366 g/mol. The van der Waals surface area contributed by atoms with Gasteiger partial charge in [-0.05, 0) is 55.7 Å². The molecule has 0 aliphatic carbocycles. The fraction of sp³-hybridized carbons (Fsp3) is 0.286. The molecule has 0 N–H and O–H groups in total. The predicted molar refractivity (Wildman–Crippen MR) is 102 cm³/mol. The van der Waals surface area contributed by atoms with E-state index in [9.17, 15) is 14.4 Å². The van der Waals surface area contributed by atoms with Crippen LogP contribution in [0, 0.1) is 6.92 Å². The Morgan fingerprint density at radius 3 is 2.30 bits per heavy atom. The van der Waals surface area contributed by atoms with Gasteiger partial charge in [-0.3, -0.25) is 19.3 Å². The SMILES string of the molecule is Cc1cc(OC(=O)CCCCCN2C(=O)c3ccccc3C2=O)ccc1Cl. The van der Waals surface area contributed by atoms with Crippen molar-refractivity contribution < 1.29 is 19.1 Å². The number of fused-ring (bicyclic) bond motifs is 1. The first-order valence-corrected chi connectivity index (χ1v) is 9.27. The molecule has 3 rings (SSSR count). The minimum atomic E-state index is -0.308. The molecule has 2 aromatic rings. The van der Waals surface area contributed by atoms with Crippen molar-refractivity contribution in [2.45, 2.75) is 32.6 Å². The molecule has 1 aliphatic rings. The van der Waals surface area contributed by atoms with Crippen LogP contribution in [0.1, 0.15) is 52.0 Å². The third kappa shape index (κ3) is 4.37. The average molecular weight is 386 g/mol. The zero-order valence-corrected chi connectivity index (χ0v) is 15.8. The summed E-state index contributed by atoms with van der Waals surface area (Å²) in [6, 6.07) is 11.9. The smallest absolute Gasteiger partial charge is 0.311 e. The number of carbonyl (C=O) groups excluding carboxylic acids is 3. The summed E-state index contributed by atoms with van der Waals surface area (Å²) < 4.78 is 5.29. The maximum absolute atomic E-state index is 12.3. The van der Waals surface area contributed by atoms with Crippen molar-refractivity contribution in [3.63, 3.8) is 0 Å². The molecule has 0 saturated carbocycles. The van der Waals surface area contributed by atoms with E-state index in [0.717, 1.165) is 12.0 Å². The summed E-state index contributed by atoms with van der Waals surface area (Å²) in [6.07, 6.45) is 2.29. The number of halogens is 1. The van der Waals surface area contributed by atoms with Crippen LogP contribution in [-0.4, -0.2) is 29.2 Å². The van der Waals surface area contributed by atoms with Crippen molar-refractivity contribution in [2.24, 2.45) is 0 Å². The third-order valence-electron chi connectivity index (χ3n) is 4.50. The van der Waals surface area contributed by atoms with Gasteiger partial charge in [0.25, 0.3) is 11.8 Å². The Hall–Kier alpha value is -2.66. The lowest BCUT2D eigenvalue weighted by Gasteiger charge is -2.13. The molecule has 0 aromatic heterocycles. The maximum atomic E-state index is 12.3. The Balaban J connectivity index is 1.40. The largest absolute Gasteiger partial charge is 0.427 e. The molecule has 0 bridgehead atoms. The molecule has 2 amide bonds. The minimum Gasteiger partial charge on any atom is -0.427 e. The average Bonchev–Trinajstić information content (AvgIpc) is 2.89. The van der Waals surface area contributed by atoms with Crippen molar-refractivity contribution in [2.75, 3.05) is 6.54 Å². The van der Waals surface area contributed by atoms with Gasteiger partial charge in [0.2, 0.25) is 0 Å². The normalized spacial score (nSPS) is 13.0. The number of ether oxygens (including phenoxy) is 1. The number of aryl methyl sites for hydroxylation is 1. The molecule has 0 atom stereocenters. The van der Waals surface area contributed by atoms with Crippen LogP contribution in [0.5, 0.6) is 5.75 Å². The highest BCUT2D eigenvalue weighted by molar-refractivity contribution is 6.31. The number of imide groups is 1. The fourth-order valence-corrected chi connectivity index (χ4v) is 3.14. The summed E-state index contributed by atoms with van der Waals surface area (Å²) in [6.45, 7) is 2.21. The second kappa shape index (κ2) is 8.35. The summed E-state index contributed by atoms with van der Waals surface area (Å²) in [4.78, 5) is 37.7. The van der Waals surface area contributed by atoms with Crippen LogP contribution >= 0.6 is 11.6 Å². The lowest BCUT2D eigenvalue weighted by atomic mass is 10.1. The van der Waals surface area contributed by atoms with Crippen molar-refractivity contribution in [3.8, 4) is 5.75 Å². The third-order valence-corrected chi connectivity index (χ3v) is 4.93. The van der Waals surface area contributed by atoms with E-state index in [2.05, 4.69) is 0 Å². The first-order chi connectivity index (χ1) is 13.0. The van der Waals surface area contributed by atoms with E-state index in [-0.39, 0.29) is 24.2 Å².